The predicted molar refractivity (Wildman–Crippen MR) is 185 cm³/mol. The first-order valence-electron chi connectivity index (χ1n) is 15.4. The van der Waals surface area contributed by atoms with E-state index in [0.29, 0.717) is 17.5 Å². The van der Waals surface area contributed by atoms with Crippen molar-refractivity contribution in [3.63, 3.8) is 0 Å². The minimum atomic E-state index is -0.0158. The Morgan fingerprint density at radius 3 is 1.40 bits per heavy atom. The summed E-state index contributed by atoms with van der Waals surface area (Å²) in [5.74, 6) is 1.98. The highest BCUT2D eigenvalue weighted by Gasteiger charge is 2.35. The maximum absolute atomic E-state index is 4.92. The lowest BCUT2D eigenvalue weighted by Crippen LogP contribution is -2.14. The molecule has 214 valence electrons. The summed E-state index contributed by atoms with van der Waals surface area (Å²) in [5, 5.41) is 0. The van der Waals surface area contributed by atoms with Gasteiger partial charge in [0.2, 0.25) is 0 Å². The van der Waals surface area contributed by atoms with Crippen molar-refractivity contribution in [1.82, 2.24) is 15.0 Å². The van der Waals surface area contributed by atoms with Crippen LogP contribution >= 0.6 is 0 Å². The second-order valence-corrected chi connectivity index (χ2v) is 12.1. The third kappa shape index (κ3) is 4.83. The van der Waals surface area contributed by atoms with E-state index in [4.69, 9.17) is 15.0 Å². The summed E-state index contributed by atoms with van der Waals surface area (Å²) in [4.78, 5) is 14.7. The predicted octanol–water partition coefficient (Wildman–Crippen LogP) is 10.5. The first-order chi connectivity index (χ1) is 22.0. The van der Waals surface area contributed by atoms with Crippen LogP contribution in [0.2, 0.25) is 0 Å². The van der Waals surface area contributed by atoms with E-state index in [0.717, 1.165) is 27.8 Å². The van der Waals surface area contributed by atoms with Gasteiger partial charge in [0, 0.05) is 22.1 Å². The fourth-order valence-electron chi connectivity index (χ4n) is 6.51. The van der Waals surface area contributed by atoms with Crippen LogP contribution in [0.4, 0.5) is 0 Å². The van der Waals surface area contributed by atoms with Gasteiger partial charge in [-0.25, -0.2) is 15.0 Å². The Hall–Kier alpha value is -5.67. The minimum absolute atomic E-state index is 0.0158. The molecule has 0 N–H and O–H groups in total. The maximum atomic E-state index is 4.92. The average molecular weight is 578 g/mol. The molecule has 1 aliphatic carbocycles. The lowest BCUT2D eigenvalue weighted by Gasteiger charge is -2.22. The van der Waals surface area contributed by atoms with Crippen LogP contribution in [0.25, 0.3) is 67.5 Å². The van der Waals surface area contributed by atoms with Crippen molar-refractivity contribution in [2.75, 3.05) is 0 Å². The largest absolute Gasteiger partial charge is 0.208 e. The molecule has 0 radical (unpaired) electrons. The molecule has 1 aromatic heterocycles. The van der Waals surface area contributed by atoms with Gasteiger partial charge in [-0.15, -0.1) is 0 Å². The molecule has 45 heavy (non-hydrogen) atoms. The van der Waals surface area contributed by atoms with Crippen molar-refractivity contribution >= 4 is 0 Å². The molecular formula is C42H31N3. The zero-order valence-corrected chi connectivity index (χ0v) is 25.3. The van der Waals surface area contributed by atoms with Gasteiger partial charge in [-0.2, -0.15) is 0 Å². The van der Waals surface area contributed by atoms with Crippen molar-refractivity contribution in [3.05, 3.63) is 163 Å². The third-order valence-corrected chi connectivity index (χ3v) is 8.96. The molecule has 1 aliphatic rings. The van der Waals surface area contributed by atoms with Crippen LogP contribution in [-0.4, -0.2) is 15.0 Å². The summed E-state index contributed by atoms with van der Waals surface area (Å²) in [6, 6.07) is 53.2. The van der Waals surface area contributed by atoms with Crippen molar-refractivity contribution < 1.29 is 0 Å². The maximum Gasteiger partial charge on any atom is 0.164 e. The Kier molecular flexibility index (Phi) is 6.46. The molecule has 6 aromatic carbocycles. The van der Waals surface area contributed by atoms with Gasteiger partial charge in [-0.05, 0) is 56.6 Å². The van der Waals surface area contributed by atoms with Crippen LogP contribution in [0.1, 0.15) is 25.0 Å². The van der Waals surface area contributed by atoms with E-state index in [1.165, 1.54) is 33.4 Å². The van der Waals surface area contributed by atoms with Crippen LogP contribution in [0, 0.1) is 0 Å². The van der Waals surface area contributed by atoms with Crippen LogP contribution in [0.15, 0.2) is 152 Å². The molecule has 3 heteroatoms. The molecule has 3 nitrogen and oxygen atoms in total. The van der Waals surface area contributed by atoms with E-state index in [9.17, 15) is 0 Å². The Labute approximate surface area is 264 Å². The Morgan fingerprint density at radius 1 is 0.333 bits per heavy atom. The van der Waals surface area contributed by atoms with Crippen molar-refractivity contribution in [2.45, 2.75) is 19.3 Å². The van der Waals surface area contributed by atoms with Gasteiger partial charge in [0.05, 0.1) is 0 Å². The molecular weight excluding hydrogens is 546 g/mol. The topological polar surface area (TPSA) is 38.7 Å². The van der Waals surface area contributed by atoms with E-state index in [1.54, 1.807) is 0 Å². The first kappa shape index (κ1) is 26.9. The highest BCUT2D eigenvalue weighted by Crippen LogP contribution is 2.49. The minimum Gasteiger partial charge on any atom is -0.208 e. The lowest BCUT2D eigenvalue weighted by molar-refractivity contribution is 0.660. The van der Waals surface area contributed by atoms with Gasteiger partial charge in [-0.3, -0.25) is 0 Å². The molecule has 8 rings (SSSR count). The van der Waals surface area contributed by atoms with Gasteiger partial charge in [0.1, 0.15) is 0 Å². The molecule has 0 saturated carbocycles. The molecule has 0 aliphatic heterocycles. The van der Waals surface area contributed by atoms with Crippen molar-refractivity contribution in [2.24, 2.45) is 0 Å². The van der Waals surface area contributed by atoms with Gasteiger partial charge < -0.3 is 0 Å². The average Bonchev–Trinajstić information content (AvgIpc) is 3.34. The summed E-state index contributed by atoms with van der Waals surface area (Å²) >= 11 is 0. The summed E-state index contributed by atoms with van der Waals surface area (Å²) in [6.07, 6.45) is 0. The van der Waals surface area contributed by atoms with Crippen LogP contribution in [0.3, 0.4) is 0 Å². The quantitative estimate of drug-likeness (QED) is 0.204. The van der Waals surface area contributed by atoms with E-state index >= 15 is 0 Å². The molecule has 1 heterocycles. The number of fused-ring (bicyclic) bond motifs is 3. The zero-order chi connectivity index (χ0) is 30.4. The molecule has 0 saturated heterocycles. The number of benzene rings is 6. The SMILES string of the molecule is CC1(C)c2ccccc2-c2ccc(-c3ccc(-c4cccc(-c5nc(-c6ccccc6)nc(-c6ccccc6)n5)c4)cc3)cc21. The molecule has 0 atom stereocenters. The van der Waals surface area contributed by atoms with E-state index in [1.807, 2.05) is 60.7 Å². The van der Waals surface area contributed by atoms with E-state index in [-0.39, 0.29) is 5.41 Å². The molecule has 0 bridgehead atoms. The normalized spacial score (nSPS) is 12.8. The highest BCUT2D eigenvalue weighted by molar-refractivity contribution is 5.84. The molecule has 0 spiro atoms. The summed E-state index contributed by atoms with van der Waals surface area (Å²) in [6.45, 7) is 4.66. The third-order valence-electron chi connectivity index (χ3n) is 8.96. The number of rotatable bonds is 5. The van der Waals surface area contributed by atoms with Gasteiger partial charge in [0.25, 0.3) is 0 Å². The van der Waals surface area contributed by atoms with Gasteiger partial charge >= 0.3 is 0 Å². The van der Waals surface area contributed by atoms with Crippen LogP contribution in [-0.2, 0) is 5.41 Å². The first-order valence-corrected chi connectivity index (χ1v) is 15.4. The monoisotopic (exact) mass is 577 g/mol. The second kappa shape index (κ2) is 10.8. The number of hydrogen-bond donors (Lipinski definition) is 0. The highest BCUT2D eigenvalue weighted by atomic mass is 15.0. The molecule has 0 unspecified atom stereocenters. The fraction of sp³-hybridized carbons (Fsp3) is 0.0714. The van der Waals surface area contributed by atoms with Gasteiger partial charge in [0.15, 0.2) is 17.5 Å². The molecule has 0 amide bonds. The Morgan fingerprint density at radius 2 is 0.778 bits per heavy atom. The van der Waals surface area contributed by atoms with E-state index in [2.05, 4.69) is 105 Å². The van der Waals surface area contributed by atoms with Crippen molar-refractivity contribution in [1.29, 1.82) is 0 Å². The van der Waals surface area contributed by atoms with E-state index < -0.39 is 0 Å². The lowest BCUT2D eigenvalue weighted by atomic mass is 9.81. The van der Waals surface area contributed by atoms with Crippen LogP contribution < -0.4 is 0 Å². The summed E-state index contributed by atoms with van der Waals surface area (Å²) < 4.78 is 0. The van der Waals surface area contributed by atoms with Gasteiger partial charge in [-0.1, -0.05) is 153 Å². The molecule has 7 aromatic rings. The number of hydrogen-bond acceptors (Lipinski definition) is 3. The Bertz CT molecular complexity index is 2110. The molecule has 0 fully saturated rings. The fourth-order valence-corrected chi connectivity index (χ4v) is 6.51. The zero-order valence-electron chi connectivity index (χ0n) is 25.3. The summed E-state index contributed by atoms with van der Waals surface area (Å²) in [5.41, 5.74) is 13.1. The van der Waals surface area contributed by atoms with Crippen LogP contribution in [0.5, 0.6) is 0 Å². The smallest absolute Gasteiger partial charge is 0.164 e. The Balaban J connectivity index is 1.13. The summed E-state index contributed by atoms with van der Waals surface area (Å²) in [7, 11) is 0. The number of aromatic nitrogens is 3. The van der Waals surface area contributed by atoms with Crippen molar-refractivity contribution in [3.8, 4) is 67.5 Å². The standard InChI is InChI=1S/C42H31N3/c1-42(2)37-19-10-9-18-35(37)36-25-24-33(27-38(36)42)29-22-20-28(21-23-29)32-16-11-17-34(26-32)41-44-39(30-12-5-3-6-13-30)43-40(45-41)31-14-7-4-8-15-31/h3-27H,1-2H3. The second-order valence-electron chi connectivity index (χ2n) is 12.1. The number of nitrogens with zero attached hydrogens (tertiary/aromatic N) is 3.